The molecule has 0 saturated heterocycles. The number of nitrogens with one attached hydrogen (secondary N) is 1. The van der Waals surface area contributed by atoms with Crippen molar-refractivity contribution in [3.63, 3.8) is 0 Å². The highest BCUT2D eigenvalue weighted by molar-refractivity contribution is 7.98. The molecule has 1 aromatic heterocycles. The molecule has 90 valence electrons. The van der Waals surface area contributed by atoms with E-state index in [-0.39, 0.29) is 0 Å². The van der Waals surface area contributed by atoms with Crippen LogP contribution in [-0.2, 0) is 13.0 Å². The zero-order chi connectivity index (χ0) is 12.1. The lowest BCUT2D eigenvalue weighted by atomic mass is 10.2. The minimum atomic E-state index is 0.799. The fourth-order valence-electron chi connectivity index (χ4n) is 1.39. The van der Waals surface area contributed by atoms with Crippen LogP contribution >= 0.6 is 23.1 Å². The van der Waals surface area contributed by atoms with Crippen molar-refractivity contribution in [2.75, 3.05) is 11.6 Å². The second kappa shape index (κ2) is 6.02. The van der Waals surface area contributed by atoms with E-state index < -0.39 is 0 Å². The topological polar surface area (TPSA) is 37.8 Å². The van der Waals surface area contributed by atoms with Gasteiger partial charge in [-0.2, -0.15) is 0 Å². The third-order valence-corrected chi connectivity index (χ3v) is 4.14. The van der Waals surface area contributed by atoms with Crippen molar-refractivity contribution in [3.05, 3.63) is 34.8 Å². The van der Waals surface area contributed by atoms with Crippen molar-refractivity contribution in [2.24, 2.45) is 0 Å². The van der Waals surface area contributed by atoms with Crippen LogP contribution in [0.3, 0.4) is 0 Å². The number of aryl methyl sites for hydroxylation is 1. The van der Waals surface area contributed by atoms with Crippen LogP contribution in [0.1, 0.15) is 17.5 Å². The standard InChI is InChI=1S/C12H15N3S2/c1-3-11-14-15-12(17-11)13-8-9-4-6-10(16-2)7-5-9/h4-7H,3,8H2,1-2H3,(H,13,15). The fourth-order valence-corrected chi connectivity index (χ4v) is 2.47. The van der Waals surface area contributed by atoms with Gasteiger partial charge >= 0.3 is 0 Å². The normalized spacial score (nSPS) is 10.5. The minimum Gasteiger partial charge on any atom is -0.356 e. The Hall–Kier alpha value is -1.07. The molecule has 0 spiro atoms. The Balaban J connectivity index is 1.92. The van der Waals surface area contributed by atoms with Crippen LogP contribution in [0, 0.1) is 0 Å². The molecule has 0 bridgehead atoms. The molecular formula is C12H15N3S2. The summed E-state index contributed by atoms with van der Waals surface area (Å²) in [5, 5.41) is 13.4. The van der Waals surface area contributed by atoms with Gasteiger partial charge in [0.15, 0.2) is 0 Å². The predicted octanol–water partition coefficient (Wildman–Crippen LogP) is 3.43. The van der Waals surface area contributed by atoms with E-state index in [1.807, 2.05) is 0 Å². The first-order valence-electron chi connectivity index (χ1n) is 5.51. The highest BCUT2D eigenvalue weighted by Crippen LogP contribution is 2.18. The van der Waals surface area contributed by atoms with Crippen LogP contribution in [0.2, 0.25) is 0 Å². The molecule has 0 aliphatic carbocycles. The zero-order valence-corrected chi connectivity index (χ0v) is 11.6. The van der Waals surface area contributed by atoms with Crippen LogP contribution in [-0.4, -0.2) is 16.5 Å². The van der Waals surface area contributed by atoms with Crippen molar-refractivity contribution in [1.82, 2.24) is 10.2 Å². The smallest absolute Gasteiger partial charge is 0.205 e. The van der Waals surface area contributed by atoms with Gasteiger partial charge in [-0.3, -0.25) is 0 Å². The van der Waals surface area contributed by atoms with Gasteiger partial charge in [-0.25, -0.2) is 0 Å². The van der Waals surface area contributed by atoms with Crippen LogP contribution < -0.4 is 5.32 Å². The maximum absolute atomic E-state index is 4.09. The van der Waals surface area contributed by atoms with E-state index in [2.05, 4.69) is 53.0 Å². The first-order valence-corrected chi connectivity index (χ1v) is 7.55. The third-order valence-electron chi connectivity index (χ3n) is 2.37. The average molecular weight is 265 g/mol. The summed E-state index contributed by atoms with van der Waals surface area (Å²) < 4.78 is 0. The Morgan fingerprint density at radius 1 is 1.24 bits per heavy atom. The van der Waals surface area contributed by atoms with Crippen molar-refractivity contribution >= 4 is 28.2 Å². The van der Waals surface area contributed by atoms with Gasteiger partial charge in [0.25, 0.3) is 0 Å². The van der Waals surface area contributed by atoms with E-state index in [1.54, 1.807) is 23.1 Å². The van der Waals surface area contributed by atoms with E-state index in [4.69, 9.17) is 0 Å². The van der Waals surface area contributed by atoms with Crippen molar-refractivity contribution in [3.8, 4) is 0 Å². The molecule has 0 saturated carbocycles. The summed E-state index contributed by atoms with van der Waals surface area (Å²) in [6.45, 7) is 2.89. The first-order chi connectivity index (χ1) is 8.31. The summed E-state index contributed by atoms with van der Waals surface area (Å²) in [4.78, 5) is 1.29. The highest BCUT2D eigenvalue weighted by atomic mass is 32.2. The van der Waals surface area contributed by atoms with Crippen molar-refractivity contribution in [2.45, 2.75) is 24.8 Å². The molecule has 2 aromatic rings. The lowest BCUT2D eigenvalue weighted by Crippen LogP contribution is -1.98. The molecule has 0 aliphatic rings. The Morgan fingerprint density at radius 3 is 2.59 bits per heavy atom. The van der Waals surface area contributed by atoms with Gasteiger partial charge in [0, 0.05) is 11.4 Å². The van der Waals surface area contributed by atoms with Crippen LogP contribution in [0.15, 0.2) is 29.2 Å². The molecule has 1 aromatic carbocycles. The number of rotatable bonds is 5. The summed E-state index contributed by atoms with van der Waals surface area (Å²) >= 11 is 3.38. The summed E-state index contributed by atoms with van der Waals surface area (Å²) in [7, 11) is 0. The molecule has 0 atom stereocenters. The van der Waals surface area contributed by atoms with Gasteiger partial charge in [0.1, 0.15) is 5.01 Å². The average Bonchev–Trinajstić information content (AvgIpc) is 2.85. The first kappa shape index (κ1) is 12.4. The molecule has 0 fully saturated rings. The lowest BCUT2D eigenvalue weighted by Gasteiger charge is -2.03. The molecule has 0 aliphatic heterocycles. The van der Waals surface area contributed by atoms with Gasteiger partial charge in [-0.15, -0.1) is 22.0 Å². The molecule has 3 nitrogen and oxygen atoms in total. The van der Waals surface area contributed by atoms with Gasteiger partial charge < -0.3 is 5.32 Å². The molecule has 1 N–H and O–H groups in total. The summed E-state index contributed by atoms with van der Waals surface area (Å²) in [5.74, 6) is 0. The second-order valence-electron chi connectivity index (χ2n) is 3.56. The maximum atomic E-state index is 4.09. The second-order valence-corrected chi connectivity index (χ2v) is 5.50. The van der Waals surface area contributed by atoms with E-state index in [9.17, 15) is 0 Å². The Bertz CT molecular complexity index is 465. The SMILES string of the molecule is CCc1nnc(NCc2ccc(SC)cc2)s1. The minimum absolute atomic E-state index is 0.799. The fraction of sp³-hybridized carbons (Fsp3) is 0.333. The number of hydrogen-bond donors (Lipinski definition) is 1. The zero-order valence-electron chi connectivity index (χ0n) is 9.93. The van der Waals surface area contributed by atoms with Crippen LogP contribution in [0.4, 0.5) is 5.13 Å². The third kappa shape index (κ3) is 3.44. The van der Waals surface area contributed by atoms with Gasteiger partial charge in [-0.1, -0.05) is 30.4 Å². The molecule has 1 heterocycles. The highest BCUT2D eigenvalue weighted by Gasteiger charge is 2.01. The Kier molecular flexibility index (Phi) is 4.39. The van der Waals surface area contributed by atoms with Gasteiger partial charge in [0.05, 0.1) is 0 Å². The van der Waals surface area contributed by atoms with Gasteiger partial charge in [-0.05, 0) is 30.4 Å². The molecule has 17 heavy (non-hydrogen) atoms. The lowest BCUT2D eigenvalue weighted by molar-refractivity contribution is 0.975. The Labute approximate surface area is 110 Å². The molecule has 5 heteroatoms. The van der Waals surface area contributed by atoms with Crippen molar-refractivity contribution in [1.29, 1.82) is 0 Å². The van der Waals surface area contributed by atoms with E-state index in [1.165, 1.54) is 10.5 Å². The molecule has 2 rings (SSSR count). The summed E-state index contributed by atoms with van der Waals surface area (Å²) in [6.07, 6.45) is 3.03. The number of aromatic nitrogens is 2. The van der Waals surface area contributed by atoms with Crippen molar-refractivity contribution < 1.29 is 0 Å². The predicted molar refractivity (Wildman–Crippen MR) is 74.8 cm³/mol. The molecule has 0 radical (unpaired) electrons. The van der Waals surface area contributed by atoms with Crippen LogP contribution in [0.5, 0.6) is 0 Å². The van der Waals surface area contributed by atoms with E-state index in [0.29, 0.717) is 0 Å². The maximum Gasteiger partial charge on any atom is 0.205 e. The van der Waals surface area contributed by atoms with Crippen LogP contribution in [0.25, 0.3) is 0 Å². The van der Waals surface area contributed by atoms with E-state index >= 15 is 0 Å². The molecular weight excluding hydrogens is 250 g/mol. The number of anilines is 1. The largest absolute Gasteiger partial charge is 0.356 e. The van der Waals surface area contributed by atoms with E-state index in [0.717, 1.165) is 23.1 Å². The molecule has 0 unspecified atom stereocenters. The molecule has 0 amide bonds. The quantitative estimate of drug-likeness (QED) is 0.840. The monoisotopic (exact) mass is 265 g/mol. The number of hydrogen-bond acceptors (Lipinski definition) is 5. The number of nitrogens with zero attached hydrogens (tertiary/aromatic N) is 2. The summed E-state index contributed by atoms with van der Waals surface area (Å²) in [5.41, 5.74) is 1.26. The summed E-state index contributed by atoms with van der Waals surface area (Å²) in [6, 6.07) is 8.56. The van der Waals surface area contributed by atoms with Gasteiger partial charge in [0.2, 0.25) is 5.13 Å². The number of thioether (sulfide) groups is 1. The number of benzene rings is 1. The Morgan fingerprint density at radius 2 is 2.00 bits per heavy atom.